The van der Waals surface area contributed by atoms with Crippen LogP contribution in [-0.4, -0.2) is 24.8 Å². The highest BCUT2D eigenvalue weighted by molar-refractivity contribution is 4.94. The zero-order valence-electron chi connectivity index (χ0n) is 9.52. The second-order valence-corrected chi connectivity index (χ2v) is 4.75. The molecule has 0 aliphatic heterocycles. The van der Waals surface area contributed by atoms with Crippen molar-refractivity contribution < 1.29 is 5.11 Å². The number of aliphatic hydroxyl groups is 1. The van der Waals surface area contributed by atoms with E-state index in [1.165, 1.54) is 44.9 Å². The highest BCUT2D eigenvalue weighted by atomic mass is 16.3. The van der Waals surface area contributed by atoms with Gasteiger partial charge in [-0.05, 0) is 25.8 Å². The molecule has 1 aliphatic rings. The van der Waals surface area contributed by atoms with Crippen LogP contribution in [0.4, 0.5) is 0 Å². The Morgan fingerprint density at radius 3 is 2.43 bits per heavy atom. The SMILES string of the molecule is CCCCCCCNCC1(CO)CC1. The third-order valence-electron chi connectivity index (χ3n) is 3.25. The predicted octanol–water partition coefficient (Wildman–Crippen LogP) is 2.32. The molecule has 1 fully saturated rings. The van der Waals surface area contributed by atoms with Gasteiger partial charge in [0.2, 0.25) is 0 Å². The summed E-state index contributed by atoms with van der Waals surface area (Å²) < 4.78 is 0. The highest BCUT2D eigenvalue weighted by Gasteiger charge is 2.41. The maximum atomic E-state index is 9.09. The van der Waals surface area contributed by atoms with Crippen LogP contribution in [-0.2, 0) is 0 Å². The Balaban J connectivity index is 1.80. The van der Waals surface area contributed by atoms with Crippen LogP contribution in [0.25, 0.3) is 0 Å². The fraction of sp³-hybridized carbons (Fsp3) is 1.00. The molecule has 1 saturated carbocycles. The molecule has 0 unspecified atom stereocenters. The maximum Gasteiger partial charge on any atom is 0.0499 e. The van der Waals surface area contributed by atoms with Crippen molar-refractivity contribution in [1.29, 1.82) is 0 Å². The van der Waals surface area contributed by atoms with Crippen LogP contribution in [0.5, 0.6) is 0 Å². The lowest BCUT2D eigenvalue weighted by molar-refractivity contribution is 0.208. The van der Waals surface area contributed by atoms with Gasteiger partial charge in [-0.25, -0.2) is 0 Å². The molecule has 0 amide bonds. The summed E-state index contributed by atoms with van der Waals surface area (Å²) >= 11 is 0. The van der Waals surface area contributed by atoms with Gasteiger partial charge >= 0.3 is 0 Å². The van der Waals surface area contributed by atoms with E-state index in [-0.39, 0.29) is 5.41 Å². The molecular formula is C12H25NO. The highest BCUT2D eigenvalue weighted by Crippen LogP contribution is 2.44. The minimum atomic E-state index is 0.281. The van der Waals surface area contributed by atoms with Gasteiger partial charge in [-0.15, -0.1) is 0 Å². The standard InChI is InChI=1S/C12H25NO/c1-2-3-4-5-6-9-13-10-12(11-14)7-8-12/h13-14H,2-11H2,1H3. The molecule has 0 aromatic heterocycles. The third-order valence-corrected chi connectivity index (χ3v) is 3.25. The number of unbranched alkanes of at least 4 members (excludes halogenated alkanes) is 4. The van der Waals surface area contributed by atoms with Gasteiger partial charge in [-0.3, -0.25) is 0 Å². The van der Waals surface area contributed by atoms with Gasteiger partial charge < -0.3 is 10.4 Å². The van der Waals surface area contributed by atoms with Gasteiger partial charge in [0, 0.05) is 18.6 Å². The normalized spacial score (nSPS) is 18.4. The summed E-state index contributed by atoms with van der Waals surface area (Å²) in [6.07, 6.45) is 9.15. The van der Waals surface area contributed by atoms with Crippen molar-refractivity contribution in [2.75, 3.05) is 19.7 Å². The number of hydrogen-bond acceptors (Lipinski definition) is 2. The van der Waals surface area contributed by atoms with E-state index in [4.69, 9.17) is 5.11 Å². The van der Waals surface area contributed by atoms with E-state index in [0.29, 0.717) is 6.61 Å². The summed E-state index contributed by atoms with van der Waals surface area (Å²) in [4.78, 5) is 0. The van der Waals surface area contributed by atoms with E-state index in [1.54, 1.807) is 0 Å². The van der Waals surface area contributed by atoms with Gasteiger partial charge in [-0.2, -0.15) is 0 Å². The van der Waals surface area contributed by atoms with Gasteiger partial charge in [0.25, 0.3) is 0 Å². The minimum absolute atomic E-state index is 0.281. The molecule has 0 bridgehead atoms. The predicted molar refractivity (Wildman–Crippen MR) is 60.4 cm³/mol. The van der Waals surface area contributed by atoms with E-state index >= 15 is 0 Å². The first kappa shape index (κ1) is 12.0. The van der Waals surface area contributed by atoms with Crippen LogP contribution in [0.1, 0.15) is 51.9 Å². The van der Waals surface area contributed by atoms with Gasteiger partial charge in [0.1, 0.15) is 0 Å². The van der Waals surface area contributed by atoms with Gasteiger partial charge in [0.15, 0.2) is 0 Å². The van der Waals surface area contributed by atoms with Crippen LogP contribution >= 0.6 is 0 Å². The topological polar surface area (TPSA) is 32.3 Å². The fourth-order valence-corrected chi connectivity index (χ4v) is 1.77. The zero-order chi connectivity index (χ0) is 10.3. The lowest BCUT2D eigenvalue weighted by atomic mass is 10.1. The first-order valence-corrected chi connectivity index (χ1v) is 6.14. The monoisotopic (exact) mass is 199 g/mol. The summed E-state index contributed by atoms with van der Waals surface area (Å²) in [5.41, 5.74) is 0.281. The smallest absolute Gasteiger partial charge is 0.0499 e. The molecule has 0 heterocycles. The average molecular weight is 199 g/mol. The molecule has 14 heavy (non-hydrogen) atoms. The van der Waals surface area contributed by atoms with Crippen LogP contribution in [0.15, 0.2) is 0 Å². The Bertz CT molecular complexity index is 143. The largest absolute Gasteiger partial charge is 0.396 e. The Labute approximate surface area is 88.1 Å². The summed E-state index contributed by atoms with van der Waals surface area (Å²) in [5, 5.41) is 12.5. The third kappa shape index (κ3) is 4.43. The Kier molecular flexibility index (Phi) is 5.49. The molecule has 2 nitrogen and oxygen atoms in total. The molecule has 0 atom stereocenters. The zero-order valence-corrected chi connectivity index (χ0v) is 9.52. The molecule has 0 spiro atoms. The fourth-order valence-electron chi connectivity index (χ4n) is 1.77. The Hall–Kier alpha value is -0.0800. The quantitative estimate of drug-likeness (QED) is 0.559. The van der Waals surface area contributed by atoms with Crippen LogP contribution in [0.2, 0.25) is 0 Å². The van der Waals surface area contributed by atoms with Gasteiger partial charge in [-0.1, -0.05) is 32.6 Å². The van der Waals surface area contributed by atoms with Crippen LogP contribution < -0.4 is 5.32 Å². The van der Waals surface area contributed by atoms with Gasteiger partial charge in [0.05, 0.1) is 0 Å². The molecular weight excluding hydrogens is 174 g/mol. The van der Waals surface area contributed by atoms with E-state index < -0.39 is 0 Å². The summed E-state index contributed by atoms with van der Waals surface area (Å²) in [7, 11) is 0. The Morgan fingerprint density at radius 2 is 1.86 bits per heavy atom. The lowest BCUT2D eigenvalue weighted by Gasteiger charge is -2.12. The number of rotatable bonds is 9. The van der Waals surface area contributed by atoms with E-state index in [9.17, 15) is 0 Å². The molecule has 0 saturated heterocycles. The molecule has 1 aliphatic carbocycles. The van der Waals surface area contributed by atoms with E-state index in [1.807, 2.05) is 0 Å². The second-order valence-electron chi connectivity index (χ2n) is 4.75. The van der Waals surface area contributed by atoms with Crippen LogP contribution in [0, 0.1) is 5.41 Å². The Morgan fingerprint density at radius 1 is 1.14 bits per heavy atom. The molecule has 0 aromatic rings. The second kappa shape index (κ2) is 6.41. The lowest BCUT2D eigenvalue weighted by Crippen LogP contribution is -2.27. The molecule has 84 valence electrons. The summed E-state index contributed by atoms with van der Waals surface area (Å²) in [6.45, 7) is 4.77. The maximum absolute atomic E-state index is 9.09. The minimum Gasteiger partial charge on any atom is -0.396 e. The van der Waals surface area contributed by atoms with Crippen molar-refractivity contribution in [3.8, 4) is 0 Å². The van der Waals surface area contributed by atoms with E-state index in [0.717, 1.165) is 13.1 Å². The number of aliphatic hydroxyl groups excluding tert-OH is 1. The number of hydrogen-bond donors (Lipinski definition) is 2. The van der Waals surface area contributed by atoms with Crippen LogP contribution in [0.3, 0.4) is 0 Å². The van der Waals surface area contributed by atoms with E-state index in [2.05, 4.69) is 12.2 Å². The van der Waals surface area contributed by atoms with Crippen molar-refractivity contribution in [2.24, 2.45) is 5.41 Å². The first-order valence-electron chi connectivity index (χ1n) is 6.14. The molecule has 0 aromatic carbocycles. The van der Waals surface area contributed by atoms with Crippen molar-refractivity contribution in [3.05, 3.63) is 0 Å². The molecule has 2 heteroatoms. The molecule has 1 rings (SSSR count). The first-order chi connectivity index (χ1) is 6.83. The van der Waals surface area contributed by atoms with Crippen molar-refractivity contribution in [3.63, 3.8) is 0 Å². The van der Waals surface area contributed by atoms with Crippen molar-refractivity contribution in [2.45, 2.75) is 51.9 Å². The average Bonchev–Trinajstić information content (AvgIpc) is 2.98. The molecule has 2 N–H and O–H groups in total. The van der Waals surface area contributed by atoms with Crippen molar-refractivity contribution >= 4 is 0 Å². The molecule has 0 radical (unpaired) electrons. The number of nitrogens with one attached hydrogen (secondary N) is 1. The summed E-state index contributed by atoms with van der Waals surface area (Å²) in [6, 6.07) is 0. The summed E-state index contributed by atoms with van der Waals surface area (Å²) in [5.74, 6) is 0. The van der Waals surface area contributed by atoms with Crippen molar-refractivity contribution in [1.82, 2.24) is 5.32 Å².